The molecule has 146 valence electrons. The Kier molecular flexibility index (Phi) is 4.72. The Morgan fingerprint density at radius 3 is 2.78 bits per heavy atom. The average Bonchev–Trinajstić information content (AvgIpc) is 3.25. The number of rotatable bonds is 6. The highest BCUT2D eigenvalue weighted by Crippen LogP contribution is 2.73. The fourth-order valence-corrected chi connectivity index (χ4v) is 5.05. The number of carboxylic acid groups (broad SMARTS) is 1. The summed E-state index contributed by atoms with van der Waals surface area (Å²) in [7, 11) is 0. The molecule has 27 heavy (non-hydrogen) atoms. The van der Waals surface area contributed by atoms with E-state index in [0.29, 0.717) is 26.1 Å². The number of piperidine rings is 1. The third-order valence-corrected chi connectivity index (χ3v) is 6.78. The van der Waals surface area contributed by atoms with Crippen molar-refractivity contribution in [2.45, 2.75) is 45.4 Å². The summed E-state index contributed by atoms with van der Waals surface area (Å²) in [6.07, 6.45) is 3.33. The smallest absolute Gasteiger partial charge is 0.320 e. The van der Waals surface area contributed by atoms with Crippen molar-refractivity contribution in [3.05, 3.63) is 35.9 Å². The molecule has 2 saturated heterocycles. The topological polar surface area (TPSA) is 76.1 Å². The molecular weight excluding hydrogens is 346 g/mol. The minimum Gasteiger partial charge on any atom is -0.480 e. The lowest BCUT2D eigenvalue weighted by Crippen LogP contribution is -2.48. The lowest BCUT2D eigenvalue weighted by molar-refractivity contribution is -0.170. The molecule has 0 radical (unpaired) electrons. The Bertz CT molecular complexity index is 717. The third kappa shape index (κ3) is 2.86. The lowest BCUT2D eigenvalue weighted by Gasteiger charge is -2.33. The van der Waals surface area contributed by atoms with Crippen LogP contribution in [0.3, 0.4) is 0 Å². The molecule has 1 aromatic carbocycles. The SMILES string of the molecule is CC12CCN(Cc3ccccc3)C(=O)C1(C(=O)O)C2COC1CCCCO1. The third-order valence-electron chi connectivity index (χ3n) is 6.78. The molecule has 0 aromatic heterocycles. The van der Waals surface area contributed by atoms with Crippen molar-refractivity contribution in [2.24, 2.45) is 16.7 Å². The Hall–Kier alpha value is -1.92. The predicted molar refractivity (Wildman–Crippen MR) is 97.7 cm³/mol. The minimum atomic E-state index is -1.37. The summed E-state index contributed by atoms with van der Waals surface area (Å²) in [4.78, 5) is 27.2. The Morgan fingerprint density at radius 2 is 2.11 bits per heavy atom. The van der Waals surface area contributed by atoms with Gasteiger partial charge < -0.3 is 19.5 Å². The number of aliphatic carboxylic acids is 1. The number of ether oxygens (including phenoxy) is 2. The molecule has 1 aromatic rings. The minimum absolute atomic E-state index is 0.262. The van der Waals surface area contributed by atoms with E-state index < -0.39 is 16.8 Å². The molecule has 2 heterocycles. The first-order chi connectivity index (χ1) is 13.0. The number of hydrogen-bond donors (Lipinski definition) is 1. The first kappa shape index (κ1) is 18.4. The molecular formula is C21H27NO5. The van der Waals surface area contributed by atoms with Crippen LogP contribution < -0.4 is 0 Å². The van der Waals surface area contributed by atoms with E-state index in [0.717, 1.165) is 24.8 Å². The van der Waals surface area contributed by atoms with Crippen LogP contribution in [0, 0.1) is 16.7 Å². The molecule has 4 rings (SSSR count). The summed E-state index contributed by atoms with van der Waals surface area (Å²) < 4.78 is 11.5. The van der Waals surface area contributed by atoms with Crippen molar-refractivity contribution in [1.29, 1.82) is 0 Å². The second-order valence-corrected chi connectivity index (χ2v) is 8.17. The van der Waals surface area contributed by atoms with Crippen molar-refractivity contribution in [3.63, 3.8) is 0 Å². The van der Waals surface area contributed by atoms with Crippen molar-refractivity contribution in [3.8, 4) is 0 Å². The Labute approximate surface area is 159 Å². The van der Waals surface area contributed by atoms with Crippen molar-refractivity contribution in [2.75, 3.05) is 19.8 Å². The van der Waals surface area contributed by atoms with E-state index in [9.17, 15) is 14.7 Å². The van der Waals surface area contributed by atoms with Gasteiger partial charge in [0.05, 0.1) is 6.61 Å². The van der Waals surface area contributed by atoms with E-state index in [1.165, 1.54) is 0 Å². The fraction of sp³-hybridized carbons (Fsp3) is 0.619. The van der Waals surface area contributed by atoms with Gasteiger partial charge >= 0.3 is 5.97 Å². The van der Waals surface area contributed by atoms with Gasteiger partial charge in [0.15, 0.2) is 11.7 Å². The zero-order valence-corrected chi connectivity index (χ0v) is 15.7. The van der Waals surface area contributed by atoms with E-state index in [1.807, 2.05) is 37.3 Å². The second-order valence-electron chi connectivity index (χ2n) is 8.17. The van der Waals surface area contributed by atoms with Crippen LogP contribution in [-0.4, -0.2) is 47.9 Å². The number of benzene rings is 1. The summed E-state index contributed by atoms with van der Waals surface area (Å²) in [6.45, 7) is 3.90. The maximum atomic E-state index is 13.3. The van der Waals surface area contributed by atoms with Gasteiger partial charge in [-0.25, -0.2) is 0 Å². The van der Waals surface area contributed by atoms with Crippen molar-refractivity contribution in [1.82, 2.24) is 4.90 Å². The van der Waals surface area contributed by atoms with Gasteiger partial charge in [0, 0.05) is 31.0 Å². The normalized spacial score (nSPS) is 35.6. The standard InChI is InChI=1S/C21H27NO5/c1-20-10-11-22(13-15-7-3-2-4-8-15)18(23)21(20,19(24)25)16(20)14-27-17-9-5-6-12-26-17/h2-4,7-8,16-17H,5-6,9-14H2,1H3,(H,24,25). The molecule has 4 unspecified atom stereocenters. The number of carbonyl (C=O) groups is 2. The van der Waals surface area contributed by atoms with Gasteiger partial charge in [-0.3, -0.25) is 9.59 Å². The van der Waals surface area contributed by atoms with E-state index in [4.69, 9.17) is 9.47 Å². The summed E-state index contributed by atoms with van der Waals surface area (Å²) in [5.41, 5.74) is -0.897. The second kappa shape index (κ2) is 6.91. The molecule has 2 aliphatic heterocycles. The van der Waals surface area contributed by atoms with Gasteiger partial charge in [0.25, 0.3) is 0 Å². The van der Waals surface area contributed by atoms with Crippen LogP contribution >= 0.6 is 0 Å². The Morgan fingerprint density at radius 1 is 1.33 bits per heavy atom. The van der Waals surface area contributed by atoms with Gasteiger partial charge in [0.1, 0.15) is 0 Å². The van der Waals surface area contributed by atoms with Crippen molar-refractivity contribution < 1.29 is 24.2 Å². The van der Waals surface area contributed by atoms with Crippen LogP contribution in [0.4, 0.5) is 0 Å². The average molecular weight is 373 g/mol. The highest BCUT2D eigenvalue weighted by atomic mass is 16.7. The summed E-state index contributed by atoms with van der Waals surface area (Å²) in [6, 6.07) is 9.71. The number of carbonyl (C=O) groups excluding carboxylic acids is 1. The first-order valence-electron chi connectivity index (χ1n) is 9.80. The first-order valence-corrected chi connectivity index (χ1v) is 9.80. The molecule has 1 amide bonds. The number of amides is 1. The molecule has 1 aliphatic carbocycles. The molecule has 1 saturated carbocycles. The van der Waals surface area contributed by atoms with Crippen LogP contribution in [0.2, 0.25) is 0 Å². The number of carboxylic acids is 1. The van der Waals surface area contributed by atoms with E-state index in [1.54, 1.807) is 4.90 Å². The summed E-state index contributed by atoms with van der Waals surface area (Å²) in [5.74, 6) is -1.60. The summed E-state index contributed by atoms with van der Waals surface area (Å²) in [5, 5.41) is 10.0. The zero-order chi connectivity index (χ0) is 19.1. The highest BCUT2D eigenvalue weighted by Gasteiger charge is 2.84. The Balaban J connectivity index is 1.50. The molecule has 6 nitrogen and oxygen atoms in total. The van der Waals surface area contributed by atoms with E-state index in [-0.39, 0.29) is 24.7 Å². The van der Waals surface area contributed by atoms with Gasteiger partial charge in [-0.1, -0.05) is 37.3 Å². The molecule has 0 bridgehead atoms. The van der Waals surface area contributed by atoms with Gasteiger partial charge in [-0.15, -0.1) is 0 Å². The number of hydrogen-bond acceptors (Lipinski definition) is 4. The van der Waals surface area contributed by atoms with Crippen LogP contribution in [0.5, 0.6) is 0 Å². The van der Waals surface area contributed by atoms with Gasteiger partial charge in [-0.05, 0) is 31.2 Å². The van der Waals surface area contributed by atoms with Gasteiger partial charge in [0.2, 0.25) is 5.91 Å². The monoisotopic (exact) mass is 373 g/mol. The van der Waals surface area contributed by atoms with Gasteiger partial charge in [-0.2, -0.15) is 0 Å². The zero-order valence-electron chi connectivity index (χ0n) is 15.7. The highest BCUT2D eigenvalue weighted by molar-refractivity contribution is 6.08. The molecule has 1 N–H and O–H groups in total. The molecule has 3 aliphatic rings. The number of likely N-dealkylation sites (tertiary alicyclic amines) is 1. The van der Waals surface area contributed by atoms with Crippen LogP contribution in [-0.2, 0) is 25.6 Å². The van der Waals surface area contributed by atoms with Crippen LogP contribution in [0.15, 0.2) is 30.3 Å². The number of fused-ring (bicyclic) bond motifs is 1. The maximum Gasteiger partial charge on any atom is 0.320 e. The molecule has 0 spiro atoms. The molecule has 6 heteroatoms. The maximum absolute atomic E-state index is 13.3. The van der Waals surface area contributed by atoms with Crippen molar-refractivity contribution >= 4 is 11.9 Å². The fourth-order valence-electron chi connectivity index (χ4n) is 5.05. The van der Waals surface area contributed by atoms with E-state index >= 15 is 0 Å². The summed E-state index contributed by atoms with van der Waals surface area (Å²) >= 11 is 0. The van der Waals surface area contributed by atoms with Crippen LogP contribution in [0.25, 0.3) is 0 Å². The van der Waals surface area contributed by atoms with Crippen LogP contribution in [0.1, 0.15) is 38.2 Å². The lowest BCUT2D eigenvalue weighted by atomic mass is 9.86. The molecule has 3 fully saturated rings. The predicted octanol–water partition coefficient (Wildman–Crippen LogP) is 2.67. The van der Waals surface area contributed by atoms with E-state index in [2.05, 4.69) is 0 Å². The largest absolute Gasteiger partial charge is 0.480 e. The number of nitrogens with zero attached hydrogens (tertiary/aromatic N) is 1. The quantitative estimate of drug-likeness (QED) is 0.776. The molecule has 4 atom stereocenters.